The predicted molar refractivity (Wildman–Crippen MR) is 47.0 cm³/mol. The van der Waals surface area contributed by atoms with Gasteiger partial charge in [0.05, 0.1) is 0 Å². The van der Waals surface area contributed by atoms with Crippen LogP contribution in [0.2, 0.25) is 0 Å². The predicted octanol–water partition coefficient (Wildman–Crippen LogP) is 1.37. The summed E-state index contributed by atoms with van der Waals surface area (Å²) in [5.74, 6) is 0.310. The quantitative estimate of drug-likeness (QED) is 0.566. The molecule has 1 aromatic rings. The number of aryl methyl sites for hydroxylation is 1. The Morgan fingerprint density at radius 2 is 2.08 bits per heavy atom. The van der Waals surface area contributed by atoms with Crippen molar-refractivity contribution in [2.24, 2.45) is 0 Å². The van der Waals surface area contributed by atoms with Gasteiger partial charge in [-0.15, -0.1) is 0 Å². The Balaban J connectivity index is 3.21. The van der Waals surface area contributed by atoms with E-state index in [-0.39, 0.29) is 5.78 Å². The van der Waals surface area contributed by atoms with Gasteiger partial charge in [0.25, 0.3) is 6.47 Å². The molecule has 0 unspecified atom stereocenters. The van der Waals surface area contributed by atoms with Crippen molar-refractivity contribution >= 4 is 12.3 Å². The normalized spacial score (nSPS) is 9.77. The van der Waals surface area contributed by atoms with E-state index in [4.69, 9.17) is 0 Å². The van der Waals surface area contributed by atoms with Gasteiger partial charge in [0.2, 0.25) is 5.88 Å². The standard InChI is InChI=1S/C9H11NO3/c1-5-8(7(3)12)6(2)10-9(5)13-4-11/h4,10H,1-3H3. The Kier molecular flexibility index (Phi) is 2.51. The molecule has 1 aromatic heterocycles. The van der Waals surface area contributed by atoms with E-state index in [9.17, 15) is 9.59 Å². The lowest BCUT2D eigenvalue weighted by Crippen LogP contribution is -1.95. The van der Waals surface area contributed by atoms with Crippen LogP contribution in [-0.2, 0) is 4.79 Å². The van der Waals surface area contributed by atoms with Crippen LogP contribution < -0.4 is 4.74 Å². The van der Waals surface area contributed by atoms with E-state index in [0.717, 1.165) is 5.69 Å². The molecule has 0 aliphatic carbocycles. The van der Waals surface area contributed by atoms with Crippen LogP contribution in [0.5, 0.6) is 5.88 Å². The number of hydrogen-bond acceptors (Lipinski definition) is 3. The molecular weight excluding hydrogens is 170 g/mol. The van der Waals surface area contributed by atoms with Crippen LogP contribution in [-0.4, -0.2) is 17.2 Å². The van der Waals surface area contributed by atoms with E-state index in [1.807, 2.05) is 0 Å². The van der Waals surface area contributed by atoms with Crippen molar-refractivity contribution in [1.29, 1.82) is 0 Å². The van der Waals surface area contributed by atoms with Gasteiger partial charge < -0.3 is 9.72 Å². The van der Waals surface area contributed by atoms with Gasteiger partial charge >= 0.3 is 0 Å². The number of ether oxygens (including phenoxy) is 1. The van der Waals surface area contributed by atoms with Gasteiger partial charge in [-0.05, 0) is 20.8 Å². The van der Waals surface area contributed by atoms with Gasteiger partial charge in [-0.3, -0.25) is 9.59 Å². The molecule has 0 saturated heterocycles. The Morgan fingerprint density at radius 3 is 2.46 bits per heavy atom. The maximum Gasteiger partial charge on any atom is 0.299 e. The van der Waals surface area contributed by atoms with E-state index < -0.39 is 0 Å². The second kappa shape index (κ2) is 3.43. The fraction of sp³-hybridized carbons (Fsp3) is 0.333. The number of rotatable bonds is 3. The summed E-state index contributed by atoms with van der Waals surface area (Å²) in [6.07, 6.45) is 0. The minimum absolute atomic E-state index is 0.0352. The van der Waals surface area contributed by atoms with Gasteiger partial charge in [0.1, 0.15) is 0 Å². The van der Waals surface area contributed by atoms with Crippen LogP contribution in [0.3, 0.4) is 0 Å². The SMILES string of the molecule is CC(=O)c1c(C)[nH]c(OC=O)c1C. The number of aromatic amines is 1. The Labute approximate surface area is 75.9 Å². The molecule has 0 saturated carbocycles. The lowest BCUT2D eigenvalue weighted by atomic mass is 10.1. The molecule has 0 bridgehead atoms. The molecule has 13 heavy (non-hydrogen) atoms. The summed E-state index contributed by atoms with van der Waals surface area (Å²) in [5, 5.41) is 0. The Bertz CT molecular complexity index is 352. The summed E-state index contributed by atoms with van der Waals surface area (Å²) in [6, 6.07) is 0. The molecule has 1 rings (SSSR count). The maximum absolute atomic E-state index is 11.1. The molecule has 0 aliphatic rings. The van der Waals surface area contributed by atoms with Crippen molar-refractivity contribution in [2.75, 3.05) is 0 Å². The second-order valence-electron chi connectivity index (χ2n) is 2.85. The molecule has 0 radical (unpaired) electrons. The third-order valence-corrected chi connectivity index (χ3v) is 1.91. The molecule has 0 fully saturated rings. The number of carbonyl (C=O) groups is 2. The van der Waals surface area contributed by atoms with E-state index in [1.165, 1.54) is 6.92 Å². The zero-order valence-electron chi connectivity index (χ0n) is 7.80. The highest BCUT2D eigenvalue weighted by molar-refractivity contribution is 5.97. The summed E-state index contributed by atoms with van der Waals surface area (Å²) < 4.78 is 4.66. The van der Waals surface area contributed by atoms with Crippen molar-refractivity contribution in [3.05, 3.63) is 16.8 Å². The lowest BCUT2D eigenvalue weighted by Gasteiger charge is -1.95. The van der Waals surface area contributed by atoms with Crippen molar-refractivity contribution in [2.45, 2.75) is 20.8 Å². The van der Waals surface area contributed by atoms with Crippen LogP contribution in [0, 0.1) is 13.8 Å². The first-order valence-electron chi connectivity index (χ1n) is 3.88. The van der Waals surface area contributed by atoms with E-state index in [1.54, 1.807) is 13.8 Å². The van der Waals surface area contributed by atoms with Gasteiger partial charge in [0.15, 0.2) is 5.78 Å². The number of H-pyrrole nitrogens is 1. The Hall–Kier alpha value is -1.58. The fourth-order valence-corrected chi connectivity index (χ4v) is 1.42. The Morgan fingerprint density at radius 1 is 1.46 bits per heavy atom. The van der Waals surface area contributed by atoms with Crippen LogP contribution in [0.15, 0.2) is 0 Å². The van der Waals surface area contributed by atoms with E-state index in [2.05, 4.69) is 9.72 Å². The lowest BCUT2D eigenvalue weighted by molar-refractivity contribution is -0.120. The van der Waals surface area contributed by atoms with Gasteiger partial charge in [0, 0.05) is 16.8 Å². The zero-order valence-corrected chi connectivity index (χ0v) is 7.80. The van der Waals surface area contributed by atoms with Crippen LogP contribution in [0.4, 0.5) is 0 Å². The second-order valence-corrected chi connectivity index (χ2v) is 2.85. The monoisotopic (exact) mass is 181 g/mol. The summed E-state index contributed by atoms with van der Waals surface area (Å²) in [7, 11) is 0. The molecule has 4 heteroatoms. The number of ketones is 1. The third-order valence-electron chi connectivity index (χ3n) is 1.91. The van der Waals surface area contributed by atoms with Crippen molar-refractivity contribution in [1.82, 2.24) is 4.98 Å². The van der Waals surface area contributed by atoms with E-state index in [0.29, 0.717) is 23.5 Å². The molecule has 1 heterocycles. The van der Waals surface area contributed by atoms with E-state index >= 15 is 0 Å². The average Bonchev–Trinajstić information content (AvgIpc) is 2.28. The summed E-state index contributed by atoms with van der Waals surface area (Å²) in [5.41, 5.74) is 2.00. The number of hydrogen-bond donors (Lipinski definition) is 1. The number of carbonyl (C=O) groups excluding carboxylic acids is 2. The molecule has 0 amide bonds. The number of aromatic nitrogens is 1. The molecule has 0 spiro atoms. The van der Waals surface area contributed by atoms with Crippen molar-refractivity contribution < 1.29 is 14.3 Å². The third kappa shape index (κ3) is 1.61. The van der Waals surface area contributed by atoms with Crippen LogP contribution in [0.25, 0.3) is 0 Å². The summed E-state index contributed by atoms with van der Waals surface area (Å²) in [4.78, 5) is 24.1. The summed E-state index contributed by atoms with van der Waals surface area (Å²) >= 11 is 0. The average molecular weight is 181 g/mol. The number of nitrogens with one attached hydrogen (secondary N) is 1. The minimum atomic E-state index is -0.0352. The molecule has 1 N–H and O–H groups in total. The number of Topliss-reactive ketones (excluding diaryl/α,β-unsaturated/α-hetero) is 1. The largest absolute Gasteiger partial charge is 0.411 e. The highest BCUT2D eigenvalue weighted by Crippen LogP contribution is 2.23. The van der Waals surface area contributed by atoms with Gasteiger partial charge in [-0.1, -0.05) is 0 Å². The maximum atomic E-state index is 11.1. The first kappa shape index (κ1) is 9.51. The van der Waals surface area contributed by atoms with Gasteiger partial charge in [-0.2, -0.15) is 0 Å². The van der Waals surface area contributed by atoms with Crippen LogP contribution >= 0.6 is 0 Å². The fourth-order valence-electron chi connectivity index (χ4n) is 1.42. The molecule has 0 atom stereocenters. The highest BCUT2D eigenvalue weighted by Gasteiger charge is 2.15. The van der Waals surface area contributed by atoms with Crippen LogP contribution in [0.1, 0.15) is 28.5 Å². The molecule has 4 nitrogen and oxygen atoms in total. The molecular formula is C9H11NO3. The van der Waals surface area contributed by atoms with Crippen molar-refractivity contribution in [3.8, 4) is 5.88 Å². The topological polar surface area (TPSA) is 59.2 Å². The smallest absolute Gasteiger partial charge is 0.299 e. The highest BCUT2D eigenvalue weighted by atomic mass is 16.5. The summed E-state index contributed by atoms with van der Waals surface area (Å²) in [6.45, 7) is 5.32. The molecule has 70 valence electrons. The van der Waals surface area contributed by atoms with Gasteiger partial charge in [-0.25, -0.2) is 0 Å². The molecule has 0 aromatic carbocycles. The zero-order chi connectivity index (χ0) is 10.0. The first-order valence-corrected chi connectivity index (χ1v) is 3.88. The molecule has 0 aliphatic heterocycles. The minimum Gasteiger partial charge on any atom is -0.411 e. The first-order chi connectivity index (χ1) is 6.07. The van der Waals surface area contributed by atoms with Crippen molar-refractivity contribution in [3.63, 3.8) is 0 Å².